The molecule has 4 aromatic rings. The summed E-state index contributed by atoms with van der Waals surface area (Å²) in [5, 5.41) is 2.96. The van der Waals surface area contributed by atoms with Crippen molar-refractivity contribution in [1.29, 1.82) is 0 Å². The normalized spacial score (nSPS) is 11.1. The predicted molar refractivity (Wildman–Crippen MR) is 105 cm³/mol. The highest BCUT2D eigenvalue weighted by Gasteiger charge is 2.22. The Morgan fingerprint density at radius 1 is 1.14 bits per heavy atom. The van der Waals surface area contributed by atoms with Gasteiger partial charge in [0, 0.05) is 6.20 Å². The summed E-state index contributed by atoms with van der Waals surface area (Å²) in [6.45, 7) is 3.84. The fraction of sp³-hybridized carbons (Fsp3) is 0.182. The van der Waals surface area contributed by atoms with Gasteiger partial charge >= 0.3 is 0 Å². The van der Waals surface area contributed by atoms with Gasteiger partial charge in [0.2, 0.25) is 0 Å². The highest BCUT2D eigenvalue weighted by atomic mass is 19.1. The first-order valence-electron chi connectivity index (χ1n) is 9.13. The number of aryl methyl sites for hydroxylation is 2. The van der Waals surface area contributed by atoms with E-state index in [4.69, 9.17) is 8.83 Å². The molecule has 0 spiro atoms. The SMILES string of the molecule is Cc1ccc(CNC(=O)c2c(C)oc3ccn(Cc4cccc(F)c4)c(=O)c23)o1. The lowest BCUT2D eigenvalue weighted by Gasteiger charge is -2.07. The summed E-state index contributed by atoms with van der Waals surface area (Å²) in [7, 11) is 0. The van der Waals surface area contributed by atoms with Crippen LogP contribution in [-0.4, -0.2) is 10.5 Å². The van der Waals surface area contributed by atoms with Crippen molar-refractivity contribution in [3.8, 4) is 0 Å². The van der Waals surface area contributed by atoms with E-state index in [0.717, 1.165) is 5.76 Å². The quantitative estimate of drug-likeness (QED) is 0.557. The maximum absolute atomic E-state index is 13.5. The van der Waals surface area contributed by atoms with Gasteiger partial charge in [-0.3, -0.25) is 9.59 Å². The minimum Gasteiger partial charge on any atom is -0.465 e. The molecule has 3 heterocycles. The molecular weight excluding hydrogens is 375 g/mol. The number of halogens is 1. The summed E-state index contributed by atoms with van der Waals surface area (Å²) in [5.74, 6) is 0.929. The molecule has 0 fully saturated rings. The van der Waals surface area contributed by atoms with E-state index < -0.39 is 5.91 Å². The number of carbonyl (C=O) groups is 1. The van der Waals surface area contributed by atoms with Crippen molar-refractivity contribution in [1.82, 2.24) is 9.88 Å². The summed E-state index contributed by atoms with van der Waals surface area (Å²) in [4.78, 5) is 25.8. The average Bonchev–Trinajstić information content (AvgIpc) is 3.25. The van der Waals surface area contributed by atoms with Crippen LogP contribution in [0.25, 0.3) is 11.0 Å². The van der Waals surface area contributed by atoms with Crippen LogP contribution in [0.5, 0.6) is 0 Å². The standard InChI is InChI=1S/C22H19FN2O4/c1-13-6-7-17(28-13)11-24-21(26)19-14(2)29-18-8-9-25(22(27)20(18)19)12-15-4-3-5-16(23)10-15/h3-10H,11-12H2,1-2H3,(H,24,26). The van der Waals surface area contributed by atoms with Crippen LogP contribution in [0.3, 0.4) is 0 Å². The molecule has 0 aliphatic carbocycles. The minimum atomic E-state index is -0.420. The molecule has 0 aliphatic rings. The van der Waals surface area contributed by atoms with E-state index in [1.54, 1.807) is 37.4 Å². The van der Waals surface area contributed by atoms with Crippen LogP contribution in [0, 0.1) is 19.7 Å². The van der Waals surface area contributed by atoms with Gasteiger partial charge in [-0.15, -0.1) is 0 Å². The third kappa shape index (κ3) is 3.71. The Hall–Kier alpha value is -3.61. The van der Waals surface area contributed by atoms with Crippen molar-refractivity contribution < 1.29 is 18.0 Å². The zero-order chi connectivity index (χ0) is 20.5. The van der Waals surface area contributed by atoms with Crippen LogP contribution in [0.4, 0.5) is 4.39 Å². The molecule has 0 bridgehead atoms. The van der Waals surface area contributed by atoms with Crippen molar-refractivity contribution in [2.75, 3.05) is 0 Å². The van der Waals surface area contributed by atoms with Gasteiger partial charge in [0.05, 0.1) is 24.0 Å². The third-order valence-electron chi connectivity index (χ3n) is 4.68. The van der Waals surface area contributed by atoms with Gasteiger partial charge in [-0.25, -0.2) is 4.39 Å². The Bertz CT molecular complexity index is 1270. The first kappa shape index (κ1) is 18.7. The number of fused-ring (bicyclic) bond motifs is 1. The van der Waals surface area contributed by atoms with Gasteiger partial charge < -0.3 is 18.7 Å². The monoisotopic (exact) mass is 394 g/mol. The van der Waals surface area contributed by atoms with Gasteiger partial charge in [-0.2, -0.15) is 0 Å². The molecule has 7 heteroatoms. The molecule has 148 valence electrons. The third-order valence-corrected chi connectivity index (χ3v) is 4.68. The number of rotatable bonds is 5. The summed E-state index contributed by atoms with van der Waals surface area (Å²) in [6, 6.07) is 11.3. The molecular formula is C22H19FN2O4. The van der Waals surface area contributed by atoms with E-state index in [9.17, 15) is 14.0 Å². The number of aromatic nitrogens is 1. The van der Waals surface area contributed by atoms with Crippen molar-refractivity contribution in [2.24, 2.45) is 0 Å². The van der Waals surface area contributed by atoms with Crippen molar-refractivity contribution in [2.45, 2.75) is 26.9 Å². The van der Waals surface area contributed by atoms with Crippen LogP contribution in [0.1, 0.15) is 33.2 Å². The fourth-order valence-corrected chi connectivity index (χ4v) is 3.33. The fourth-order valence-electron chi connectivity index (χ4n) is 3.33. The predicted octanol–water partition coefficient (Wildman–Crippen LogP) is 3.92. The average molecular weight is 394 g/mol. The van der Waals surface area contributed by atoms with Crippen LogP contribution >= 0.6 is 0 Å². The minimum absolute atomic E-state index is 0.184. The van der Waals surface area contributed by atoms with Crippen LogP contribution < -0.4 is 10.9 Å². The van der Waals surface area contributed by atoms with E-state index in [-0.39, 0.29) is 35.4 Å². The van der Waals surface area contributed by atoms with E-state index in [0.29, 0.717) is 22.7 Å². The molecule has 0 saturated carbocycles. The van der Waals surface area contributed by atoms with E-state index >= 15 is 0 Å². The second kappa shape index (κ2) is 7.43. The number of furan rings is 2. The van der Waals surface area contributed by atoms with Gasteiger partial charge in [-0.05, 0) is 49.7 Å². The lowest BCUT2D eigenvalue weighted by molar-refractivity contribution is 0.0947. The Morgan fingerprint density at radius 2 is 1.97 bits per heavy atom. The molecule has 0 atom stereocenters. The van der Waals surface area contributed by atoms with Crippen molar-refractivity contribution in [3.05, 3.63) is 93.2 Å². The molecule has 0 saturated heterocycles. The Kier molecular flexibility index (Phi) is 4.80. The molecule has 3 aromatic heterocycles. The number of hydrogen-bond donors (Lipinski definition) is 1. The smallest absolute Gasteiger partial charge is 0.262 e. The molecule has 6 nitrogen and oxygen atoms in total. The maximum Gasteiger partial charge on any atom is 0.262 e. The molecule has 1 aromatic carbocycles. The number of nitrogens with zero attached hydrogens (tertiary/aromatic N) is 1. The van der Waals surface area contributed by atoms with Gasteiger partial charge in [-0.1, -0.05) is 12.1 Å². The van der Waals surface area contributed by atoms with Crippen LogP contribution in [0.2, 0.25) is 0 Å². The Labute approximate surface area is 165 Å². The summed E-state index contributed by atoms with van der Waals surface area (Å²) in [6.07, 6.45) is 1.58. The maximum atomic E-state index is 13.5. The zero-order valence-corrected chi connectivity index (χ0v) is 16.0. The number of pyridine rings is 1. The van der Waals surface area contributed by atoms with Gasteiger partial charge in [0.15, 0.2) is 0 Å². The number of carbonyl (C=O) groups excluding carboxylic acids is 1. The molecule has 1 amide bonds. The van der Waals surface area contributed by atoms with Gasteiger partial charge in [0.1, 0.15) is 28.7 Å². The van der Waals surface area contributed by atoms with Crippen molar-refractivity contribution >= 4 is 16.9 Å². The molecule has 4 rings (SSSR count). The second-order valence-corrected chi connectivity index (χ2v) is 6.85. The first-order valence-corrected chi connectivity index (χ1v) is 9.13. The van der Waals surface area contributed by atoms with Crippen LogP contribution in [0.15, 0.2) is 62.3 Å². The van der Waals surface area contributed by atoms with E-state index in [1.165, 1.54) is 16.7 Å². The highest BCUT2D eigenvalue weighted by molar-refractivity contribution is 6.06. The zero-order valence-electron chi connectivity index (χ0n) is 16.0. The Balaban J connectivity index is 1.67. The first-order chi connectivity index (χ1) is 13.9. The molecule has 0 unspecified atom stereocenters. The number of nitrogens with one attached hydrogen (secondary N) is 1. The van der Waals surface area contributed by atoms with Gasteiger partial charge in [0.25, 0.3) is 11.5 Å². The number of hydrogen-bond acceptors (Lipinski definition) is 4. The molecule has 0 radical (unpaired) electrons. The van der Waals surface area contributed by atoms with Crippen molar-refractivity contribution in [3.63, 3.8) is 0 Å². The second-order valence-electron chi connectivity index (χ2n) is 6.85. The summed E-state index contributed by atoms with van der Waals surface area (Å²) in [5.41, 5.74) is 0.803. The lowest BCUT2D eigenvalue weighted by Crippen LogP contribution is -2.26. The highest BCUT2D eigenvalue weighted by Crippen LogP contribution is 2.23. The molecule has 0 aliphatic heterocycles. The molecule has 1 N–H and O–H groups in total. The topological polar surface area (TPSA) is 77.4 Å². The van der Waals surface area contributed by atoms with Crippen LogP contribution in [-0.2, 0) is 13.1 Å². The van der Waals surface area contributed by atoms with E-state index in [1.807, 2.05) is 13.0 Å². The summed E-state index contributed by atoms with van der Waals surface area (Å²) < 4.78 is 26.0. The van der Waals surface area contributed by atoms with E-state index in [2.05, 4.69) is 5.32 Å². The molecule has 29 heavy (non-hydrogen) atoms. The number of amides is 1. The largest absolute Gasteiger partial charge is 0.465 e. The lowest BCUT2D eigenvalue weighted by atomic mass is 10.1. The summed E-state index contributed by atoms with van der Waals surface area (Å²) >= 11 is 0. The Morgan fingerprint density at radius 3 is 2.69 bits per heavy atom. The number of benzene rings is 1.